The van der Waals surface area contributed by atoms with Crippen molar-refractivity contribution in [2.75, 3.05) is 11.9 Å². The van der Waals surface area contributed by atoms with Crippen LogP contribution in [0.2, 0.25) is 0 Å². The molecule has 1 aromatic rings. The van der Waals surface area contributed by atoms with Crippen LogP contribution in [0.3, 0.4) is 0 Å². The number of nitrogens with zero attached hydrogens (tertiary/aromatic N) is 1. The Hall–Kier alpha value is -1.52. The Kier molecular flexibility index (Phi) is 3.56. The van der Waals surface area contributed by atoms with Crippen molar-refractivity contribution in [2.24, 2.45) is 5.92 Å². The zero-order valence-electron chi connectivity index (χ0n) is 10.9. The first-order valence-corrected chi connectivity index (χ1v) is 6.24. The number of hydrogen-bond donors (Lipinski definition) is 0. The Balaban J connectivity index is 2.40. The minimum atomic E-state index is -4.45. The van der Waals surface area contributed by atoms with Crippen LogP contribution in [0, 0.1) is 5.92 Å². The van der Waals surface area contributed by atoms with Gasteiger partial charge in [-0.2, -0.15) is 13.2 Å². The van der Waals surface area contributed by atoms with E-state index in [-0.39, 0.29) is 17.3 Å². The normalized spacial score (nSPS) is 17.1. The van der Waals surface area contributed by atoms with Crippen LogP contribution in [0.5, 0.6) is 0 Å². The van der Waals surface area contributed by atoms with Gasteiger partial charge < -0.3 is 4.90 Å². The zero-order chi connectivity index (χ0) is 14.2. The predicted octanol–water partition coefficient (Wildman–Crippen LogP) is 3.75. The minimum absolute atomic E-state index is 0.0450. The summed E-state index contributed by atoms with van der Waals surface area (Å²) in [6.07, 6.45) is -1.88. The molecule has 1 atom stereocenters. The number of carbonyl (C=O) groups is 1. The average molecular weight is 271 g/mol. The molecule has 2 nitrogen and oxygen atoms in total. The third-order valence-corrected chi connectivity index (χ3v) is 3.76. The first-order chi connectivity index (χ1) is 8.84. The molecule has 0 bridgehead atoms. The van der Waals surface area contributed by atoms with Gasteiger partial charge in [0.2, 0.25) is 0 Å². The molecule has 0 spiro atoms. The smallest absolute Gasteiger partial charge is 0.371 e. The molecule has 0 amide bonds. The number of aldehydes is 1. The lowest BCUT2D eigenvalue weighted by molar-refractivity contribution is -0.137. The summed E-state index contributed by atoms with van der Waals surface area (Å²) in [5, 5.41) is 0. The lowest BCUT2D eigenvalue weighted by Crippen LogP contribution is -2.32. The van der Waals surface area contributed by atoms with Crippen LogP contribution in [0.1, 0.15) is 35.7 Å². The lowest BCUT2D eigenvalue weighted by atomic mass is 10.1. The number of anilines is 1. The lowest BCUT2D eigenvalue weighted by Gasteiger charge is -2.29. The van der Waals surface area contributed by atoms with E-state index in [1.807, 2.05) is 6.92 Å². The van der Waals surface area contributed by atoms with Gasteiger partial charge >= 0.3 is 6.18 Å². The van der Waals surface area contributed by atoms with E-state index in [4.69, 9.17) is 0 Å². The second-order valence-electron chi connectivity index (χ2n) is 5.08. The topological polar surface area (TPSA) is 20.3 Å². The summed E-state index contributed by atoms with van der Waals surface area (Å²) in [5.74, 6) is 0.469. The van der Waals surface area contributed by atoms with E-state index in [9.17, 15) is 18.0 Å². The Morgan fingerprint density at radius 3 is 2.47 bits per heavy atom. The number of carbonyl (C=O) groups excluding carboxylic acids is 1. The van der Waals surface area contributed by atoms with Gasteiger partial charge in [0.25, 0.3) is 0 Å². The van der Waals surface area contributed by atoms with Crippen LogP contribution in [0.15, 0.2) is 18.2 Å². The fourth-order valence-corrected chi connectivity index (χ4v) is 2.28. The Morgan fingerprint density at radius 1 is 1.37 bits per heavy atom. The maximum atomic E-state index is 13.1. The van der Waals surface area contributed by atoms with E-state index in [0.29, 0.717) is 12.2 Å². The number of benzene rings is 1. The van der Waals surface area contributed by atoms with Gasteiger partial charge in [0.1, 0.15) is 6.29 Å². The van der Waals surface area contributed by atoms with Gasteiger partial charge in [-0.15, -0.1) is 0 Å². The van der Waals surface area contributed by atoms with Crippen molar-refractivity contribution in [3.05, 3.63) is 29.3 Å². The molecule has 1 unspecified atom stereocenters. The summed E-state index contributed by atoms with van der Waals surface area (Å²) in [4.78, 5) is 12.3. The van der Waals surface area contributed by atoms with E-state index >= 15 is 0 Å². The molecule has 0 aromatic heterocycles. The molecule has 1 aliphatic carbocycles. The summed E-state index contributed by atoms with van der Waals surface area (Å²) < 4.78 is 39.2. The average Bonchev–Trinajstić information content (AvgIpc) is 3.19. The van der Waals surface area contributed by atoms with E-state index in [1.165, 1.54) is 12.1 Å². The van der Waals surface area contributed by atoms with Crippen molar-refractivity contribution in [3.63, 3.8) is 0 Å². The standard InChI is InChI=1S/C14H16F3NO/c1-9(11-4-5-11)18(2)13-6-3-10(8-19)7-12(13)14(15,16)17/h3,6-9,11H,4-5H2,1-2H3. The molecule has 104 valence electrons. The summed E-state index contributed by atoms with van der Waals surface area (Å²) >= 11 is 0. The Labute approximate surface area is 110 Å². The van der Waals surface area contributed by atoms with Gasteiger partial charge in [0.15, 0.2) is 0 Å². The maximum absolute atomic E-state index is 13.1. The first-order valence-electron chi connectivity index (χ1n) is 6.24. The van der Waals surface area contributed by atoms with Crippen LogP contribution in [0.25, 0.3) is 0 Å². The number of halogens is 3. The molecule has 1 aliphatic rings. The highest BCUT2D eigenvalue weighted by molar-refractivity contribution is 5.77. The van der Waals surface area contributed by atoms with Crippen LogP contribution in [-0.4, -0.2) is 19.4 Å². The maximum Gasteiger partial charge on any atom is 0.418 e. The van der Waals surface area contributed by atoms with E-state index in [0.717, 1.165) is 18.9 Å². The van der Waals surface area contributed by atoms with E-state index < -0.39 is 11.7 Å². The van der Waals surface area contributed by atoms with Crippen LogP contribution in [0.4, 0.5) is 18.9 Å². The Bertz CT molecular complexity index is 480. The van der Waals surface area contributed by atoms with E-state index in [2.05, 4.69) is 0 Å². The first kappa shape index (κ1) is 13.9. The van der Waals surface area contributed by atoms with Gasteiger partial charge in [0.05, 0.1) is 5.56 Å². The molecule has 1 aromatic carbocycles. The molecular formula is C14H16F3NO. The van der Waals surface area contributed by atoms with Crippen LogP contribution >= 0.6 is 0 Å². The second kappa shape index (κ2) is 4.87. The Morgan fingerprint density at radius 2 is 2.00 bits per heavy atom. The van der Waals surface area contributed by atoms with Gasteiger partial charge in [-0.3, -0.25) is 4.79 Å². The molecule has 0 N–H and O–H groups in total. The number of alkyl halides is 3. The number of hydrogen-bond acceptors (Lipinski definition) is 2. The molecule has 0 radical (unpaired) electrons. The van der Waals surface area contributed by atoms with Crippen molar-refractivity contribution in [3.8, 4) is 0 Å². The van der Waals surface area contributed by atoms with Gasteiger partial charge in [0, 0.05) is 24.3 Å². The van der Waals surface area contributed by atoms with Crippen LogP contribution < -0.4 is 4.90 Å². The van der Waals surface area contributed by atoms with Crippen molar-refractivity contribution in [2.45, 2.75) is 32.0 Å². The van der Waals surface area contributed by atoms with Crippen LogP contribution in [-0.2, 0) is 6.18 Å². The third-order valence-electron chi connectivity index (χ3n) is 3.76. The minimum Gasteiger partial charge on any atom is -0.371 e. The predicted molar refractivity (Wildman–Crippen MR) is 67.4 cm³/mol. The SMILES string of the molecule is CC(C1CC1)N(C)c1ccc(C=O)cc1C(F)(F)F. The molecule has 0 aliphatic heterocycles. The number of rotatable bonds is 4. The molecular weight excluding hydrogens is 255 g/mol. The molecule has 5 heteroatoms. The van der Waals surface area contributed by atoms with Crippen molar-refractivity contribution < 1.29 is 18.0 Å². The van der Waals surface area contributed by atoms with Gasteiger partial charge in [-0.05, 0) is 43.9 Å². The monoisotopic (exact) mass is 271 g/mol. The molecule has 0 heterocycles. The van der Waals surface area contributed by atoms with Gasteiger partial charge in [-0.25, -0.2) is 0 Å². The zero-order valence-corrected chi connectivity index (χ0v) is 10.9. The van der Waals surface area contributed by atoms with Gasteiger partial charge in [-0.1, -0.05) is 0 Å². The molecule has 19 heavy (non-hydrogen) atoms. The van der Waals surface area contributed by atoms with Crippen molar-refractivity contribution >= 4 is 12.0 Å². The fraction of sp³-hybridized carbons (Fsp3) is 0.500. The van der Waals surface area contributed by atoms with Crippen molar-refractivity contribution in [1.82, 2.24) is 0 Å². The summed E-state index contributed by atoms with van der Waals surface area (Å²) in [6.45, 7) is 1.94. The highest BCUT2D eigenvalue weighted by Gasteiger charge is 2.37. The highest BCUT2D eigenvalue weighted by atomic mass is 19.4. The molecule has 1 fully saturated rings. The second-order valence-corrected chi connectivity index (χ2v) is 5.08. The molecule has 0 saturated heterocycles. The summed E-state index contributed by atoms with van der Waals surface area (Å²) in [5.41, 5.74) is -0.562. The van der Waals surface area contributed by atoms with Crippen molar-refractivity contribution in [1.29, 1.82) is 0 Å². The quantitative estimate of drug-likeness (QED) is 0.777. The summed E-state index contributed by atoms with van der Waals surface area (Å²) in [7, 11) is 1.67. The van der Waals surface area contributed by atoms with E-state index in [1.54, 1.807) is 11.9 Å². The molecule has 1 saturated carbocycles. The molecule has 2 rings (SSSR count). The fourth-order valence-electron chi connectivity index (χ4n) is 2.28. The highest BCUT2D eigenvalue weighted by Crippen LogP contribution is 2.41. The third kappa shape index (κ3) is 2.91. The largest absolute Gasteiger partial charge is 0.418 e. The summed E-state index contributed by atoms with van der Waals surface area (Å²) in [6, 6.07) is 3.79.